The first kappa shape index (κ1) is 16.0. The average molecular weight is 378 g/mol. The highest BCUT2D eigenvalue weighted by molar-refractivity contribution is 6.36. The number of rotatable bonds is 0. The third-order valence-electron chi connectivity index (χ3n) is 6.57. The minimum Gasteiger partial charge on any atom is -0.0616 e. The van der Waals surface area contributed by atoms with Crippen molar-refractivity contribution in [3.8, 4) is 0 Å². The van der Waals surface area contributed by atoms with Gasteiger partial charge in [-0.05, 0) is 76.8 Å². The lowest BCUT2D eigenvalue weighted by atomic mass is 9.88. The van der Waals surface area contributed by atoms with E-state index >= 15 is 0 Å². The SMILES string of the molecule is c1ccc2cc3c(ccc4c5c6ccccc6ccc5c5ccccc5c34)cc2c1. The van der Waals surface area contributed by atoms with Crippen LogP contribution in [0.4, 0.5) is 0 Å². The van der Waals surface area contributed by atoms with Crippen molar-refractivity contribution in [1.82, 2.24) is 0 Å². The van der Waals surface area contributed by atoms with E-state index in [9.17, 15) is 0 Å². The molecule has 0 aliphatic heterocycles. The highest BCUT2D eigenvalue weighted by atomic mass is 14.2. The Kier molecular flexibility index (Phi) is 3.09. The zero-order valence-electron chi connectivity index (χ0n) is 16.4. The summed E-state index contributed by atoms with van der Waals surface area (Å²) in [5.41, 5.74) is 0. The van der Waals surface area contributed by atoms with Gasteiger partial charge in [-0.2, -0.15) is 0 Å². The molecule has 0 saturated heterocycles. The molecule has 0 bridgehead atoms. The molecular formula is C30H18. The van der Waals surface area contributed by atoms with Gasteiger partial charge < -0.3 is 0 Å². The molecule has 0 atom stereocenters. The van der Waals surface area contributed by atoms with Crippen LogP contribution < -0.4 is 0 Å². The summed E-state index contributed by atoms with van der Waals surface area (Å²) in [5, 5.41) is 15.9. The molecule has 0 saturated carbocycles. The summed E-state index contributed by atoms with van der Waals surface area (Å²) in [5.74, 6) is 0. The van der Waals surface area contributed by atoms with Crippen LogP contribution in [0.5, 0.6) is 0 Å². The number of hydrogen-bond donors (Lipinski definition) is 0. The van der Waals surface area contributed by atoms with E-state index < -0.39 is 0 Å². The molecule has 0 heteroatoms. The van der Waals surface area contributed by atoms with E-state index in [4.69, 9.17) is 0 Å². The van der Waals surface area contributed by atoms with Crippen LogP contribution in [0.2, 0.25) is 0 Å². The van der Waals surface area contributed by atoms with Gasteiger partial charge in [-0.15, -0.1) is 0 Å². The molecule has 7 aromatic rings. The summed E-state index contributed by atoms with van der Waals surface area (Å²) in [6.07, 6.45) is 0. The van der Waals surface area contributed by atoms with Gasteiger partial charge in [-0.1, -0.05) is 97.1 Å². The maximum atomic E-state index is 2.37. The van der Waals surface area contributed by atoms with Crippen LogP contribution in [0.1, 0.15) is 0 Å². The Morgan fingerprint density at radius 3 is 1.63 bits per heavy atom. The standard InChI is InChI=1S/C30H18/c1-2-9-21-18-28-22(17-20(21)8-1)14-16-27-29-23-10-4-3-7-19(23)13-15-26(29)24-11-5-6-12-25(24)30(27)28/h1-18H. The van der Waals surface area contributed by atoms with Crippen molar-refractivity contribution in [1.29, 1.82) is 0 Å². The highest BCUT2D eigenvalue weighted by Crippen LogP contribution is 2.42. The largest absolute Gasteiger partial charge is 0.0616 e. The summed E-state index contributed by atoms with van der Waals surface area (Å²) in [7, 11) is 0. The first-order valence-electron chi connectivity index (χ1n) is 10.5. The summed E-state index contributed by atoms with van der Waals surface area (Å²) >= 11 is 0. The molecule has 0 nitrogen and oxygen atoms in total. The molecule has 0 aromatic heterocycles. The van der Waals surface area contributed by atoms with Gasteiger partial charge in [-0.25, -0.2) is 0 Å². The average Bonchev–Trinajstić information content (AvgIpc) is 2.82. The van der Waals surface area contributed by atoms with Gasteiger partial charge in [0.25, 0.3) is 0 Å². The molecule has 138 valence electrons. The fourth-order valence-corrected chi connectivity index (χ4v) is 5.23. The van der Waals surface area contributed by atoms with Crippen molar-refractivity contribution in [2.45, 2.75) is 0 Å². The molecule has 7 rings (SSSR count). The molecule has 30 heavy (non-hydrogen) atoms. The lowest BCUT2D eigenvalue weighted by Gasteiger charge is -2.15. The van der Waals surface area contributed by atoms with Gasteiger partial charge in [0.1, 0.15) is 0 Å². The van der Waals surface area contributed by atoms with Crippen LogP contribution in [0.15, 0.2) is 109 Å². The van der Waals surface area contributed by atoms with Gasteiger partial charge in [0.05, 0.1) is 0 Å². The third-order valence-corrected chi connectivity index (χ3v) is 6.57. The van der Waals surface area contributed by atoms with Gasteiger partial charge in [0.2, 0.25) is 0 Å². The van der Waals surface area contributed by atoms with Crippen LogP contribution in [0.3, 0.4) is 0 Å². The Hall–Kier alpha value is -3.90. The Morgan fingerprint density at radius 1 is 0.267 bits per heavy atom. The van der Waals surface area contributed by atoms with E-state index in [0.717, 1.165) is 0 Å². The van der Waals surface area contributed by atoms with E-state index in [-0.39, 0.29) is 0 Å². The van der Waals surface area contributed by atoms with Crippen LogP contribution in [-0.4, -0.2) is 0 Å². The first-order chi connectivity index (χ1) is 14.9. The number of fused-ring (bicyclic) bond motifs is 11. The molecule has 7 aromatic carbocycles. The Labute approximate surface area is 174 Å². The van der Waals surface area contributed by atoms with Gasteiger partial charge in [0, 0.05) is 0 Å². The second-order valence-electron chi connectivity index (χ2n) is 8.16. The van der Waals surface area contributed by atoms with Crippen molar-refractivity contribution in [2.75, 3.05) is 0 Å². The topological polar surface area (TPSA) is 0 Å². The monoisotopic (exact) mass is 378 g/mol. The lowest BCUT2D eigenvalue weighted by molar-refractivity contribution is 1.78. The van der Waals surface area contributed by atoms with Crippen molar-refractivity contribution >= 4 is 64.6 Å². The molecule has 0 fully saturated rings. The van der Waals surface area contributed by atoms with E-state index in [1.165, 1.54) is 64.6 Å². The molecule has 0 heterocycles. The number of benzene rings is 7. The molecular weight excluding hydrogens is 360 g/mol. The fraction of sp³-hybridized carbons (Fsp3) is 0. The maximum Gasteiger partial charge on any atom is -0.00199 e. The van der Waals surface area contributed by atoms with E-state index in [1.54, 1.807) is 0 Å². The second kappa shape index (κ2) is 5.81. The summed E-state index contributed by atoms with van der Waals surface area (Å²) in [6, 6.07) is 40.1. The summed E-state index contributed by atoms with van der Waals surface area (Å²) in [6.45, 7) is 0. The summed E-state index contributed by atoms with van der Waals surface area (Å²) < 4.78 is 0. The minimum atomic E-state index is 1.29. The van der Waals surface area contributed by atoms with Gasteiger partial charge >= 0.3 is 0 Å². The van der Waals surface area contributed by atoms with Crippen molar-refractivity contribution in [2.24, 2.45) is 0 Å². The quantitative estimate of drug-likeness (QED) is 0.183. The predicted molar refractivity (Wildman–Crippen MR) is 131 cm³/mol. The minimum absolute atomic E-state index is 1.29. The summed E-state index contributed by atoms with van der Waals surface area (Å²) in [4.78, 5) is 0. The highest BCUT2D eigenvalue weighted by Gasteiger charge is 2.13. The van der Waals surface area contributed by atoms with Crippen molar-refractivity contribution in [3.05, 3.63) is 109 Å². The zero-order valence-corrected chi connectivity index (χ0v) is 16.4. The van der Waals surface area contributed by atoms with Crippen LogP contribution in [-0.2, 0) is 0 Å². The van der Waals surface area contributed by atoms with E-state index in [0.29, 0.717) is 0 Å². The lowest BCUT2D eigenvalue weighted by Crippen LogP contribution is -1.87. The smallest absolute Gasteiger partial charge is 0.00199 e. The van der Waals surface area contributed by atoms with Crippen molar-refractivity contribution < 1.29 is 0 Å². The second-order valence-corrected chi connectivity index (χ2v) is 8.16. The van der Waals surface area contributed by atoms with Crippen LogP contribution in [0.25, 0.3) is 64.6 Å². The van der Waals surface area contributed by atoms with Crippen LogP contribution >= 0.6 is 0 Å². The van der Waals surface area contributed by atoms with Gasteiger partial charge in [-0.3, -0.25) is 0 Å². The third kappa shape index (κ3) is 2.06. The molecule has 0 aliphatic rings. The zero-order chi connectivity index (χ0) is 19.7. The molecule has 0 radical (unpaired) electrons. The predicted octanol–water partition coefficient (Wildman–Crippen LogP) is 8.61. The Bertz CT molecular complexity index is 1790. The molecule has 0 amide bonds. The van der Waals surface area contributed by atoms with E-state index in [2.05, 4.69) is 109 Å². The molecule has 0 aliphatic carbocycles. The maximum absolute atomic E-state index is 2.37. The Morgan fingerprint density at radius 2 is 0.800 bits per heavy atom. The first-order valence-corrected chi connectivity index (χ1v) is 10.5. The normalized spacial score (nSPS) is 12.0. The molecule has 0 unspecified atom stereocenters. The van der Waals surface area contributed by atoms with Gasteiger partial charge in [0.15, 0.2) is 0 Å². The molecule has 0 spiro atoms. The van der Waals surface area contributed by atoms with Crippen molar-refractivity contribution in [3.63, 3.8) is 0 Å². The van der Waals surface area contributed by atoms with Crippen LogP contribution in [0, 0.1) is 0 Å². The fourth-order valence-electron chi connectivity index (χ4n) is 5.23. The number of hydrogen-bond acceptors (Lipinski definition) is 0. The molecule has 0 N–H and O–H groups in total. The Balaban J connectivity index is 1.85. The van der Waals surface area contributed by atoms with E-state index in [1.807, 2.05) is 0 Å².